The molecule has 1 rings (SSSR count). The van der Waals surface area contributed by atoms with Gasteiger partial charge in [-0.2, -0.15) is 0 Å². The van der Waals surface area contributed by atoms with Crippen molar-refractivity contribution in [1.29, 1.82) is 0 Å². The van der Waals surface area contributed by atoms with Crippen LogP contribution in [-0.2, 0) is 14.2 Å². The molecule has 1 heterocycles. The van der Waals surface area contributed by atoms with Crippen molar-refractivity contribution in [3.05, 3.63) is 16.0 Å². The highest BCUT2D eigenvalue weighted by Crippen LogP contribution is 2.34. The van der Waals surface area contributed by atoms with Crippen LogP contribution in [0.4, 0.5) is 9.80 Å². The molecule has 0 aliphatic rings. The van der Waals surface area contributed by atoms with Crippen LogP contribution in [0.2, 0.25) is 0 Å². The Labute approximate surface area is 126 Å². The molecule has 116 valence electrons. The third-order valence-electron chi connectivity index (χ3n) is 2.49. The van der Waals surface area contributed by atoms with Gasteiger partial charge in [0, 0.05) is 0 Å². The van der Waals surface area contributed by atoms with E-state index in [4.69, 9.17) is 9.47 Å². The summed E-state index contributed by atoms with van der Waals surface area (Å²) in [5.41, 5.74) is 0.540. The molecule has 1 N–H and O–H groups in total. The van der Waals surface area contributed by atoms with E-state index in [1.165, 1.54) is 7.11 Å². The topological polar surface area (TPSA) is 90.9 Å². The number of nitrogens with one attached hydrogen (secondary N) is 1. The van der Waals surface area contributed by atoms with Gasteiger partial charge in [0.1, 0.15) is 9.88 Å². The number of esters is 2. The van der Waals surface area contributed by atoms with Gasteiger partial charge in [0.15, 0.2) is 0 Å². The summed E-state index contributed by atoms with van der Waals surface area (Å²) in [4.78, 5) is 35.4. The van der Waals surface area contributed by atoms with Crippen molar-refractivity contribution in [2.75, 3.05) is 25.6 Å². The summed E-state index contributed by atoms with van der Waals surface area (Å²) in [5.74, 6) is -1.17. The summed E-state index contributed by atoms with van der Waals surface area (Å²) in [7, 11) is 1.20. The summed E-state index contributed by atoms with van der Waals surface area (Å²) in [6.45, 7) is 5.34. The summed E-state index contributed by atoms with van der Waals surface area (Å²) in [6.07, 6.45) is -0.739. The summed E-state index contributed by atoms with van der Waals surface area (Å²) in [6, 6.07) is 0. The lowest BCUT2D eigenvalue weighted by Gasteiger charge is -2.05. The van der Waals surface area contributed by atoms with Crippen molar-refractivity contribution < 1.29 is 28.6 Å². The standard InChI is InChI=1S/C13H17NO6S/c1-5-19-11(15)8-7(3)9(12(16)20-6-2)21-10(8)14-13(17)18-4/h5-6H2,1-4H3,(H,14,17). The van der Waals surface area contributed by atoms with Gasteiger partial charge < -0.3 is 14.2 Å². The fraction of sp³-hybridized carbons (Fsp3) is 0.462. The first-order valence-corrected chi connectivity index (χ1v) is 7.10. The van der Waals surface area contributed by atoms with Crippen LogP contribution in [0, 0.1) is 6.92 Å². The van der Waals surface area contributed by atoms with Gasteiger partial charge in [-0.3, -0.25) is 5.32 Å². The highest BCUT2D eigenvalue weighted by molar-refractivity contribution is 7.18. The molecule has 0 spiro atoms. The number of hydrogen-bond acceptors (Lipinski definition) is 7. The number of amides is 1. The summed E-state index contributed by atoms with van der Waals surface area (Å²) >= 11 is 0.945. The molecule has 0 saturated heterocycles. The Morgan fingerprint density at radius 2 is 1.67 bits per heavy atom. The molecule has 0 bridgehead atoms. The first-order valence-electron chi connectivity index (χ1n) is 6.28. The van der Waals surface area contributed by atoms with E-state index in [-0.39, 0.29) is 28.7 Å². The van der Waals surface area contributed by atoms with E-state index in [2.05, 4.69) is 10.1 Å². The minimum atomic E-state index is -0.739. The molecule has 7 nitrogen and oxygen atoms in total. The van der Waals surface area contributed by atoms with Gasteiger partial charge >= 0.3 is 18.0 Å². The van der Waals surface area contributed by atoms with Crippen LogP contribution in [0.15, 0.2) is 0 Å². The molecule has 1 aromatic rings. The van der Waals surface area contributed by atoms with Gasteiger partial charge in [-0.25, -0.2) is 14.4 Å². The molecule has 0 fully saturated rings. The van der Waals surface area contributed by atoms with Crippen LogP contribution in [-0.4, -0.2) is 38.4 Å². The number of rotatable bonds is 5. The molecule has 1 aromatic heterocycles. The zero-order chi connectivity index (χ0) is 16.0. The largest absolute Gasteiger partial charge is 0.462 e. The second-order valence-corrected chi connectivity index (χ2v) is 4.84. The first kappa shape index (κ1) is 17.0. The maximum Gasteiger partial charge on any atom is 0.411 e. The number of methoxy groups -OCH3 is 1. The summed E-state index contributed by atoms with van der Waals surface area (Å²) < 4.78 is 14.4. The van der Waals surface area contributed by atoms with Gasteiger partial charge in [0.05, 0.1) is 25.9 Å². The highest BCUT2D eigenvalue weighted by Gasteiger charge is 2.27. The van der Waals surface area contributed by atoms with E-state index in [0.29, 0.717) is 5.56 Å². The Hall–Kier alpha value is -2.09. The predicted molar refractivity (Wildman–Crippen MR) is 77.0 cm³/mol. The van der Waals surface area contributed by atoms with E-state index in [9.17, 15) is 14.4 Å². The maximum atomic E-state index is 12.0. The van der Waals surface area contributed by atoms with E-state index in [0.717, 1.165) is 11.3 Å². The number of carbonyl (C=O) groups excluding carboxylic acids is 3. The zero-order valence-electron chi connectivity index (χ0n) is 12.3. The lowest BCUT2D eigenvalue weighted by molar-refractivity contribution is 0.0527. The van der Waals surface area contributed by atoms with E-state index >= 15 is 0 Å². The van der Waals surface area contributed by atoms with E-state index in [1.54, 1.807) is 20.8 Å². The molecule has 21 heavy (non-hydrogen) atoms. The van der Waals surface area contributed by atoms with E-state index in [1.807, 2.05) is 0 Å². The van der Waals surface area contributed by atoms with Gasteiger partial charge in [0.25, 0.3) is 0 Å². The van der Waals surface area contributed by atoms with Crippen molar-refractivity contribution >= 4 is 34.4 Å². The van der Waals surface area contributed by atoms with Crippen LogP contribution >= 0.6 is 11.3 Å². The molecule has 0 aliphatic heterocycles. The van der Waals surface area contributed by atoms with Crippen molar-refractivity contribution in [1.82, 2.24) is 0 Å². The van der Waals surface area contributed by atoms with Crippen molar-refractivity contribution in [3.8, 4) is 0 Å². The molecule has 0 atom stereocenters. The monoisotopic (exact) mass is 315 g/mol. The minimum absolute atomic E-state index is 0.135. The number of hydrogen-bond donors (Lipinski definition) is 1. The maximum absolute atomic E-state index is 12.0. The smallest absolute Gasteiger partial charge is 0.411 e. The van der Waals surface area contributed by atoms with Gasteiger partial charge in [-0.05, 0) is 26.3 Å². The second kappa shape index (κ2) is 7.63. The molecule has 1 amide bonds. The number of carbonyl (C=O) groups is 3. The fourth-order valence-electron chi connectivity index (χ4n) is 1.59. The quantitative estimate of drug-likeness (QED) is 0.663. The van der Waals surface area contributed by atoms with Gasteiger partial charge in [-0.1, -0.05) is 0 Å². The molecule has 0 aliphatic carbocycles. The molecular formula is C13H17NO6S. The third kappa shape index (κ3) is 3.94. The third-order valence-corrected chi connectivity index (χ3v) is 3.68. The number of thiophene rings is 1. The molecular weight excluding hydrogens is 298 g/mol. The molecule has 0 radical (unpaired) electrons. The van der Waals surface area contributed by atoms with Crippen LogP contribution in [0.3, 0.4) is 0 Å². The minimum Gasteiger partial charge on any atom is -0.462 e. The Balaban J connectivity index is 3.26. The van der Waals surface area contributed by atoms with Gasteiger partial charge in [-0.15, -0.1) is 11.3 Å². The Bertz CT molecular complexity index is 551. The normalized spacial score (nSPS) is 9.90. The Kier molecular flexibility index (Phi) is 6.16. The first-order chi connectivity index (χ1) is 9.96. The van der Waals surface area contributed by atoms with Crippen LogP contribution in [0.1, 0.15) is 39.4 Å². The molecule has 0 aromatic carbocycles. The average molecular weight is 315 g/mol. The second-order valence-electron chi connectivity index (χ2n) is 3.82. The lowest BCUT2D eigenvalue weighted by atomic mass is 10.1. The molecule has 8 heteroatoms. The Morgan fingerprint density at radius 1 is 1.10 bits per heavy atom. The lowest BCUT2D eigenvalue weighted by Crippen LogP contribution is -2.14. The van der Waals surface area contributed by atoms with Crippen molar-refractivity contribution in [3.63, 3.8) is 0 Å². The van der Waals surface area contributed by atoms with Crippen LogP contribution < -0.4 is 5.32 Å². The van der Waals surface area contributed by atoms with E-state index < -0.39 is 18.0 Å². The zero-order valence-corrected chi connectivity index (χ0v) is 13.1. The Morgan fingerprint density at radius 3 is 2.19 bits per heavy atom. The van der Waals surface area contributed by atoms with Crippen molar-refractivity contribution in [2.24, 2.45) is 0 Å². The average Bonchev–Trinajstić information content (AvgIpc) is 2.76. The summed E-state index contributed by atoms with van der Waals surface area (Å²) in [5, 5.41) is 2.60. The van der Waals surface area contributed by atoms with Gasteiger partial charge in [0.2, 0.25) is 0 Å². The fourth-order valence-corrected chi connectivity index (χ4v) is 2.66. The SMILES string of the molecule is CCOC(=O)c1sc(NC(=O)OC)c(C(=O)OCC)c1C. The molecule has 0 saturated carbocycles. The molecule has 0 unspecified atom stereocenters. The predicted octanol–water partition coefficient (Wildman–Crippen LogP) is 2.59. The van der Waals surface area contributed by atoms with Crippen LogP contribution in [0.25, 0.3) is 0 Å². The van der Waals surface area contributed by atoms with Crippen LogP contribution in [0.5, 0.6) is 0 Å². The number of ether oxygens (including phenoxy) is 3. The highest BCUT2D eigenvalue weighted by atomic mass is 32.1. The number of anilines is 1. The van der Waals surface area contributed by atoms with Crippen molar-refractivity contribution in [2.45, 2.75) is 20.8 Å².